The first kappa shape index (κ1) is 10.8. The Balaban J connectivity index is 3.23. The Morgan fingerprint density at radius 3 is 2.64 bits per heavy atom. The van der Waals surface area contributed by atoms with E-state index in [9.17, 15) is 9.50 Å². The van der Waals surface area contributed by atoms with Gasteiger partial charge in [-0.3, -0.25) is 4.39 Å². The molecule has 0 radical (unpaired) electrons. The fourth-order valence-corrected chi connectivity index (χ4v) is 0.674. The summed E-state index contributed by atoms with van der Waals surface area (Å²) < 4.78 is 11.6. The smallest absolute Gasteiger partial charge is 0.0906 e. The van der Waals surface area contributed by atoms with Crippen LogP contribution >= 0.6 is 0 Å². The molecule has 0 aromatic carbocycles. The first-order valence-electron chi connectivity index (χ1n) is 4.11. The average Bonchev–Trinajstić information content (AvgIpc) is 1.99. The summed E-state index contributed by atoms with van der Waals surface area (Å²) in [6, 6.07) is 0. The van der Waals surface area contributed by atoms with Gasteiger partial charge in [-0.1, -0.05) is 6.92 Å². The molecule has 2 nitrogen and oxygen atoms in total. The molecule has 0 aromatic heterocycles. The number of alkyl halides is 1. The van der Waals surface area contributed by atoms with Crippen molar-refractivity contribution in [1.29, 1.82) is 0 Å². The van der Waals surface area contributed by atoms with Gasteiger partial charge in [0.15, 0.2) is 0 Å². The van der Waals surface area contributed by atoms with Crippen LogP contribution in [-0.2, 0) is 0 Å². The maximum Gasteiger partial charge on any atom is 0.0906 e. The van der Waals surface area contributed by atoms with E-state index in [1.165, 1.54) is 0 Å². The third kappa shape index (κ3) is 6.26. The summed E-state index contributed by atoms with van der Waals surface area (Å²) in [6.07, 6.45) is 1.25. The number of halogens is 1. The lowest BCUT2D eigenvalue weighted by atomic mass is 10.0. The second-order valence-corrected chi connectivity index (χ2v) is 3.07. The van der Waals surface area contributed by atoms with Crippen LogP contribution in [0.15, 0.2) is 0 Å². The van der Waals surface area contributed by atoms with Crippen molar-refractivity contribution in [3.8, 4) is 0 Å². The molecule has 0 aromatic rings. The summed E-state index contributed by atoms with van der Waals surface area (Å²) >= 11 is 0. The molecule has 0 aliphatic rings. The molecule has 0 saturated heterocycles. The van der Waals surface area contributed by atoms with E-state index < -0.39 is 5.60 Å². The Bertz CT molecular complexity index is 96.1. The minimum absolute atomic E-state index is 0.290. The molecular formula is C8H18FNO. The topological polar surface area (TPSA) is 32.3 Å². The van der Waals surface area contributed by atoms with Crippen molar-refractivity contribution in [2.45, 2.75) is 32.3 Å². The molecule has 2 N–H and O–H groups in total. The summed E-state index contributed by atoms with van der Waals surface area (Å²) in [5, 5.41) is 12.5. The van der Waals surface area contributed by atoms with Gasteiger partial charge in [-0.25, -0.2) is 0 Å². The normalized spacial score (nSPS) is 16.4. The largest absolute Gasteiger partial charge is 0.389 e. The summed E-state index contributed by atoms with van der Waals surface area (Å²) in [5.74, 6) is 0. The number of aliphatic hydroxyl groups is 1. The number of rotatable bonds is 6. The quantitative estimate of drug-likeness (QED) is 0.575. The summed E-state index contributed by atoms with van der Waals surface area (Å²) in [7, 11) is 0. The predicted octanol–water partition coefficient (Wildman–Crippen LogP) is 1.10. The van der Waals surface area contributed by atoms with Crippen molar-refractivity contribution in [3.63, 3.8) is 0 Å². The van der Waals surface area contributed by atoms with Crippen LogP contribution in [0.5, 0.6) is 0 Å². The van der Waals surface area contributed by atoms with Crippen LogP contribution in [0, 0.1) is 0 Å². The third-order valence-electron chi connectivity index (χ3n) is 1.75. The van der Waals surface area contributed by atoms with Gasteiger partial charge in [-0.05, 0) is 26.3 Å². The molecular weight excluding hydrogens is 145 g/mol. The fourth-order valence-electron chi connectivity index (χ4n) is 0.674. The van der Waals surface area contributed by atoms with Crippen LogP contribution in [0.3, 0.4) is 0 Å². The van der Waals surface area contributed by atoms with Gasteiger partial charge in [-0.15, -0.1) is 0 Å². The standard InChI is InChI=1S/C8H18FNO/c1-3-8(2,11)7-10-6-4-5-9/h10-11H,3-7H2,1-2H3. The molecule has 3 heteroatoms. The zero-order valence-corrected chi connectivity index (χ0v) is 7.36. The lowest BCUT2D eigenvalue weighted by molar-refractivity contribution is 0.0559. The lowest BCUT2D eigenvalue weighted by Gasteiger charge is -2.21. The van der Waals surface area contributed by atoms with E-state index in [0.29, 0.717) is 19.5 Å². The van der Waals surface area contributed by atoms with Crippen molar-refractivity contribution in [3.05, 3.63) is 0 Å². The minimum Gasteiger partial charge on any atom is -0.389 e. The number of hydrogen-bond acceptors (Lipinski definition) is 2. The second kappa shape index (κ2) is 5.49. The van der Waals surface area contributed by atoms with E-state index in [1.54, 1.807) is 6.92 Å². The monoisotopic (exact) mass is 163 g/mol. The Labute approximate surface area is 67.8 Å². The fraction of sp³-hybridized carbons (Fsp3) is 1.00. The Morgan fingerprint density at radius 1 is 1.55 bits per heavy atom. The van der Waals surface area contributed by atoms with Gasteiger partial charge < -0.3 is 10.4 Å². The molecule has 0 fully saturated rings. The summed E-state index contributed by atoms with van der Waals surface area (Å²) in [6.45, 7) is 4.60. The van der Waals surface area contributed by atoms with E-state index in [2.05, 4.69) is 5.32 Å². The molecule has 0 amide bonds. The molecule has 0 saturated carbocycles. The Hall–Kier alpha value is -0.150. The Kier molecular flexibility index (Phi) is 5.42. The average molecular weight is 163 g/mol. The molecule has 0 aliphatic carbocycles. The van der Waals surface area contributed by atoms with Gasteiger partial charge in [-0.2, -0.15) is 0 Å². The van der Waals surface area contributed by atoms with E-state index in [4.69, 9.17) is 0 Å². The maximum atomic E-state index is 11.6. The highest BCUT2D eigenvalue weighted by Gasteiger charge is 2.15. The van der Waals surface area contributed by atoms with Crippen LogP contribution < -0.4 is 5.32 Å². The molecule has 0 rings (SSSR count). The van der Waals surface area contributed by atoms with Crippen LogP contribution in [0.4, 0.5) is 4.39 Å². The van der Waals surface area contributed by atoms with Gasteiger partial charge in [0.25, 0.3) is 0 Å². The molecule has 68 valence electrons. The maximum absolute atomic E-state index is 11.6. The SMILES string of the molecule is CCC(C)(O)CNCCCF. The van der Waals surface area contributed by atoms with Crippen LogP contribution in [0.25, 0.3) is 0 Å². The second-order valence-electron chi connectivity index (χ2n) is 3.07. The molecule has 11 heavy (non-hydrogen) atoms. The lowest BCUT2D eigenvalue weighted by Crippen LogP contribution is -2.37. The molecule has 1 atom stereocenters. The zero-order chi connectivity index (χ0) is 8.74. The first-order valence-corrected chi connectivity index (χ1v) is 4.11. The van der Waals surface area contributed by atoms with Gasteiger partial charge in [0.1, 0.15) is 0 Å². The highest BCUT2D eigenvalue weighted by molar-refractivity contribution is 4.72. The van der Waals surface area contributed by atoms with E-state index in [0.717, 1.165) is 6.42 Å². The predicted molar refractivity (Wildman–Crippen MR) is 44.4 cm³/mol. The van der Waals surface area contributed by atoms with Gasteiger partial charge in [0.05, 0.1) is 12.3 Å². The molecule has 1 unspecified atom stereocenters. The minimum atomic E-state index is -0.643. The van der Waals surface area contributed by atoms with Crippen LogP contribution in [-0.4, -0.2) is 30.5 Å². The van der Waals surface area contributed by atoms with Crippen LogP contribution in [0.1, 0.15) is 26.7 Å². The zero-order valence-electron chi connectivity index (χ0n) is 7.36. The van der Waals surface area contributed by atoms with E-state index in [-0.39, 0.29) is 6.67 Å². The summed E-state index contributed by atoms with van der Waals surface area (Å²) in [5.41, 5.74) is -0.643. The third-order valence-corrected chi connectivity index (χ3v) is 1.75. The molecule has 0 bridgehead atoms. The molecule has 0 spiro atoms. The highest BCUT2D eigenvalue weighted by Crippen LogP contribution is 2.05. The van der Waals surface area contributed by atoms with E-state index in [1.807, 2.05) is 6.92 Å². The van der Waals surface area contributed by atoms with Crippen LogP contribution in [0.2, 0.25) is 0 Å². The number of hydrogen-bond donors (Lipinski definition) is 2. The van der Waals surface area contributed by atoms with Crippen molar-refractivity contribution in [2.24, 2.45) is 0 Å². The first-order chi connectivity index (χ1) is 5.12. The highest BCUT2D eigenvalue weighted by atomic mass is 19.1. The van der Waals surface area contributed by atoms with Crippen molar-refractivity contribution >= 4 is 0 Å². The van der Waals surface area contributed by atoms with Gasteiger partial charge in [0, 0.05) is 6.54 Å². The molecule has 0 heterocycles. The van der Waals surface area contributed by atoms with Gasteiger partial charge in [0.2, 0.25) is 0 Å². The van der Waals surface area contributed by atoms with Gasteiger partial charge >= 0.3 is 0 Å². The van der Waals surface area contributed by atoms with Crippen molar-refractivity contribution < 1.29 is 9.50 Å². The van der Waals surface area contributed by atoms with E-state index >= 15 is 0 Å². The number of nitrogens with one attached hydrogen (secondary N) is 1. The Morgan fingerprint density at radius 2 is 2.18 bits per heavy atom. The van der Waals surface area contributed by atoms with Crippen molar-refractivity contribution in [1.82, 2.24) is 5.32 Å². The molecule has 0 aliphatic heterocycles. The van der Waals surface area contributed by atoms with Crippen molar-refractivity contribution in [2.75, 3.05) is 19.8 Å². The summed E-state index contributed by atoms with van der Waals surface area (Å²) in [4.78, 5) is 0.